The number of aliphatic hydroxyl groups is 1. The predicted octanol–water partition coefficient (Wildman–Crippen LogP) is 3.29. The lowest BCUT2D eigenvalue weighted by atomic mass is 10.0. The summed E-state index contributed by atoms with van der Waals surface area (Å²) < 4.78 is 0. The third kappa shape index (κ3) is 4.13. The summed E-state index contributed by atoms with van der Waals surface area (Å²) in [5.41, 5.74) is 0.880. The highest BCUT2D eigenvalue weighted by atomic mass is 35.5. The summed E-state index contributed by atoms with van der Waals surface area (Å²) in [5.74, 6) is 0.689. The van der Waals surface area contributed by atoms with Gasteiger partial charge in [0.25, 0.3) is 5.91 Å². The molecule has 4 rings (SSSR count). The normalized spacial score (nSPS) is 18.4. The number of amides is 1. The molecule has 2 fully saturated rings. The minimum Gasteiger partial charge on any atom is -0.388 e. The second kappa shape index (κ2) is 7.33. The predicted molar refractivity (Wildman–Crippen MR) is 110 cm³/mol. The zero-order valence-corrected chi connectivity index (χ0v) is 16.9. The van der Waals surface area contributed by atoms with Crippen LogP contribution < -0.4 is 10.2 Å². The number of rotatable bonds is 7. The number of carbonyl (C=O) groups is 1. The summed E-state index contributed by atoms with van der Waals surface area (Å²) in [5, 5.41) is 13.9. The van der Waals surface area contributed by atoms with E-state index in [0.717, 1.165) is 37.1 Å². The number of nitrogens with one attached hydrogen (secondary N) is 1. The van der Waals surface area contributed by atoms with Gasteiger partial charge in [0.15, 0.2) is 5.82 Å². The molecule has 2 aromatic rings. The molecule has 6 nitrogen and oxygen atoms in total. The Bertz CT molecular complexity index is 876. The number of nitrogens with zero attached hydrogens (tertiary/aromatic N) is 3. The van der Waals surface area contributed by atoms with Crippen LogP contribution in [-0.4, -0.2) is 46.2 Å². The summed E-state index contributed by atoms with van der Waals surface area (Å²) in [6, 6.07) is 7.85. The van der Waals surface area contributed by atoms with Gasteiger partial charge in [0.2, 0.25) is 0 Å². The summed E-state index contributed by atoms with van der Waals surface area (Å²) >= 11 is 6.02. The van der Waals surface area contributed by atoms with Crippen LogP contribution in [0.1, 0.15) is 43.1 Å². The molecule has 1 aromatic carbocycles. The van der Waals surface area contributed by atoms with E-state index in [1.165, 1.54) is 6.20 Å². The number of carbonyl (C=O) groups excluding carboxylic acids is 1. The van der Waals surface area contributed by atoms with Crippen LogP contribution >= 0.6 is 11.6 Å². The number of hydrogen-bond donors (Lipinski definition) is 2. The van der Waals surface area contributed by atoms with Gasteiger partial charge < -0.3 is 15.3 Å². The second-order valence-corrected chi connectivity index (χ2v) is 8.53. The van der Waals surface area contributed by atoms with Gasteiger partial charge in [-0.1, -0.05) is 23.7 Å². The largest absolute Gasteiger partial charge is 0.388 e. The van der Waals surface area contributed by atoms with Crippen LogP contribution in [0.25, 0.3) is 11.3 Å². The highest BCUT2D eigenvalue weighted by molar-refractivity contribution is 6.30. The van der Waals surface area contributed by atoms with Crippen LogP contribution in [0.2, 0.25) is 5.02 Å². The average Bonchev–Trinajstić information content (AvgIpc) is 3.58. The summed E-state index contributed by atoms with van der Waals surface area (Å²) in [7, 11) is 2.01. The fourth-order valence-electron chi connectivity index (χ4n) is 3.39. The molecule has 148 valence electrons. The Morgan fingerprint density at radius 2 is 1.96 bits per heavy atom. The highest BCUT2D eigenvalue weighted by Crippen LogP contribution is 2.39. The molecule has 0 spiro atoms. The quantitative estimate of drug-likeness (QED) is 0.745. The lowest BCUT2D eigenvalue weighted by Gasteiger charge is -2.23. The molecule has 2 aliphatic rings. The smallest absolute Gasteiger partial charge is 0.271 e. The van der Waals surface area contributed by atoms with Crippen LogP contribution in [0.4, 0.5) is 5.82 Å². The maximum absolute atomic E-state index is 12.6. The van der Waals surface area contributed by atoms with Crippen LogP contribution in [0, 0.1) is 5.92 Å². The summed E-state index contributed by atoms with van der Waals surface area (Å²) in [4.78, 5) is 23.9. The molecule has 2 aliphatic carbocycles. The van der Waals surface area contributed by atoms with Gasteiger partial charge in [-0.15, -0.1) is 0 Å². The Labute approximate surface area is 169 Å². The Balaban J connectivity index is 1.60. The molecule has 0 aliphatic heterocycles. The second-order valence-electron chi connectivity index (χ2n) is 8.09. The molecule has 0 radical (unpaired) electrons. The highest BCUT2D eigenvalue weighted by Gasteiger charge is 2.40. The van der Waals surface area contributed by atoms with E-state index in [2.05, 4.69) is 20.2 Å². The number of benzene rings is 1. The third-order valence-corrected chi connectivity index (χ3v) is 5.85. The fraction of sp³-hybridized carbons (Fsp3) is 0.476. The topological polar surface area (TPSA) is 78.4 Å². The van der Waals surface area contributed by atoms with E-state index >= 15 is 0 Å². The number of aromatic nitrogens is 2. The van der Waals surface area contributed by atoms with Crippen LogP contribution in [0.3, 0.4) is 0 Å². The van der Waals surface area contributed by atoms with Gasteiger partial charge in [-0.2, -0.15) is 0 Å². The minimum atomic E-state index is -0.881. The maximum atomic E-state index is 12.6. The molecule has 2 N–H and O–H groups in total. The summed E-state index contributed by atoms with van der Waals surface area (Å²) in [6.45, 7) is 1.97. The van der Waals surface area contributed by atoms with Crippen molar-refractivity contribution in [3.63, 3.8) is 0 Å². The Kier molecular flexibility index (Phi) is 5.02. The van der Waals surface area contributed by atoms with Crippen molar-refractivity contribution >= 4 is 23.3 Å². The van der Waals surface area contributed by atoms with Crippen molar-refractivity contribution in [3.8, 4) is 11.3 Å². The van der Waals surface area contributed by atoms with Crippen molar-refractivity contribution in [2.45, 2.75) is 44.2 Å². The molecule has 0 bridgehead atoms. The summed E-state index contributed by atoms with van der Waals surface area (Å²) in [6.07, 6.45) is 5.79. The third-order valence-electron chi connectivity index (χ3n) is 5.60. The van der Waals surface area contributed by atoms with Crippen molar-refractivity contribution < 1.29 is 9.90 Å². The van der Waals surface area contributed by atoms with Gasteiger partial charge in [-0.05, 0) is 50.7 Å². The first-order chi connectivity index (χ1) is 13.3. The molecule has 1 heterocycles. The fourth-order valence-corrected chi connectivity index (χ4v) is 3.51. The molecule has 1 aromatic heterocycles. The molecule has 2 saturated carbocycles. The number of halogens is 1. The van der Waals surface area contributed by atoms with E-state index in [9.17, 15) is 9.90 Å². The van der Waals surface area contributed by atoms with Gasteiger partial charge >= 0.3 is 0 Å². The minimum absolute atomic E-state index is 0.207. The standard InChI is InChI=1S/C21H25ClN4O2/c1-21(28,14-5-6-14)12-24-20(27)17-11-23-19(26(2)16-9-10-16)18(25-17)13-3-7-15(22)8-4-13/h3-4,7-8,11,14,16,28H,5-6,9-10,12H2,1-2H3,(H,24,27)/t21-/m0/s1. The molecule has 1 amide bonds. The first-order valence-electron chi connectivity index (χ1n) is 9.71. The number of anilines is 1. The zero-order valence-electron chi connectivity index (χ0n) is 16.2. The molecule has 0 saturated heterocycles. The van der Waals surface area contributed by atoms with Gasteiger partial charge in [0.1, 0.15) is 11.4 Å². The molecule has 28 heavy (non-hydrogen) atoms. The molecule has 1 atom stereocenters. The number of hydrogen-bond acceptors (Lipinski definition) is 5. The van der Waals surface area contributed by atoms with Crippen LogP contribution in [0.15, 0.2) is 30.5 Å². The molecular weight excluding hydrogens is 376 g/mol. The average molecular weight is 401 g/mol. The van der Waals surface area contributed by atoms with Crippen molar-refractivity contribution in [1.82, 2.24) is 15.3 Å². The van der Waals surface area contributed by atoms with E-state index < -0.39 is 5.60 Å². The van der Waals surface area contributed by atoms with Crippen molar-refractivity contribution in [2.75, 3.05) is 18.5 Å². The van der Waals surface area contributed by atoms with E-state index in [1.54, 1.807) is 19.1 Å². The van der Waals surface area contributed by atoms with Gasteiger partial charge in [-0.25, -0.2) is 9.97 Å². The lowest BCUT2D eigenvalue weighted by Crippen LogP contribution is -2.42. The van der Waals surface area contributed by atoms with E-state index in [-0.39, 0.29) is 24.1 Å². The Morgan fingerprint density at radius 3 is 2.57 bits per heavy atom. The maximum Gasteiger partial charge on any atom is 0.271 e. The Morgan fingerprint density at radius 1 is 1.29 bits per heavy atom. The lowest BCUT2D eigenvalue weighted by molar-refractivity contribution is 0.0353. The monoisotopic (exact) mass is 400 g/mol. The zero-order chi connectivity index (χ0) is 19.9. The molecule has 7 heteroatoms. The van der Waals surface area contributed by atoms with E-state index in [0.29, 0.717) is 16.8 Å². The van der Waals surface area contributed by atoms with Gasteiger partial charge in [-0.3, -0.25) is 4.79 Å². The van der Waals surface area contributed by atoms with Crippen LogP contribution in [0.5, 0.6) is 0 Å². The first kappa shape index (κ1) is 19.2. The molecular formula is C21H25ClN4O2. The van der Waals surface area contributed by atoms with Crippen molar-refractivity contribution in [2.24, 2.45) is 5.92 Å². The van der Waals surface area contributed by atoms with E-state index in [1.807, 2.05) is 19.2 Å². The molecule has 0 unspecified atom stereocenters. The van der Waals surface area contributed by atoms with E-state index in [4.69, 9.17) is 11.6 Å². The van der Waals surface area contributed by atoms with Crippen molar-refractivity contribution in [3.05, 3.63) is 41.2 Å². The van der Waals surface area contributed by atoms with Gasteiger partial charge in [0, 0.05) is 30.2 Å². The Hall–Kier alpha value is -2.18. The van der Waals surface area contributed by atoms with Crippen LogP contribution in [-0.2, 0) is 0 Å². The van der Waals surface area contributed by atoms with Gasteiger partial charge in [0.05, 0.1) is 11.8 Å². The first-order valence-corrected chi connectivity index (χ1v) is 10.1. The SMILES string of the molecule is CN(c1ncc(C(=O)NC[C@](C)(O)C2CC2)nc1-c1ccc(Cl)cc1)C1CC1. The van der Waals surface area contributed by atoms with Crippen molar-refractivity contribution in [1.29, 1.82) is 0 Å².